The maximum atomic E-state index is 12.5. The Balaban J connectivity index is 3.38. The molecule has 0 aromatic rings. The van der Waals surface area contributed by atoms with Crippen molar-refractivity contribution >= 4 is 11.9 Å². The Hall–Kier alpha value is -1.66. The Kier molecular flexibility index (Phi) is 64.4. The molecule has 0 bridgehead atoms. The number of hydrogen-bond acceptors (Lipinski definition) is 5. The third-order valence-corrected chi connectivity index (χ3v) is 16.2. The molecule has 0 fully saturated rings. The van der Waals surface area contributed by atoms with Crippen LogP contribution in [0.2, 0.25) is 0 Å². The van der Waals surface area contributed by atoms with E-state index in [1.165, 1.54) is 315 Å². The van der Waals surface area contributed by atoms with Crippen LogP contribution in [0.25, 0.3) is 0 Å². The Labute approximate surface area is 475 Å². The average molecular weight is 1070 g/mol. The van der Waals surface area contributed by atoms with Crippen LogP contribution in [0.4, 0.5) is 0 Å². The van der Waals surface area contributed by atoms with Crippen LogP contribution in [0.1, 0.15) is 386 Å². The van der Waals surface area contributed by atoms with Gasteiger partial charge in [0.2, 0.25) is 5.91 Å². The van der Waals surface area contributed by atoms with Gasteiger partial charge in [0.05, 0.1) is 25.4 Å². The van der Waals surface area contributed by atoms with Crippen LogP contribution >= 0.6 is 0 Å². The number of aliphatic hydroxyl groups is 2. The summed E-state index contributed by atoms with van der Waals surface area (Å²) in [6.07, 6.45) is 82.5. The monoisotopic (exact) mass is 1070 g/mol. The van der Waals surface area contributed by atoms with E-state index in [9.17, 15) is 19.8 Å². The van der Waals surface area contributed by atoms with Crippen LogP contribution in [0.3, 0.4) is 0 Å². The fraction of sp³-hybridized carbons (Fsp3) is 0.914. The van der Waals surface area contributed by atoms with E-state index >= 15 is 0 Å². The SMILES string of the molecule is CCCCCC/C=C\CCCCCCCC(=O)OCCCCCCCCCCCCCCCCCCCCCCCCCCCCC(=O)NC(CO)C(O)/C=C/CCCCCCCCCCCCCCCCCCCC. The van der Waals surface area contributed by atoms with E-state index < -0.39 is 12.1 Å². The zero-order valence-electron chi connectivity index (χ0n) is 51.5. The maximum Gasteiger partial charge on any atom is 0.305 e. The van der Waals surface area contributed by atoms with Crippen molar-refractivity contribution in [2.75, 3.05) is 13.2 Å². The minimum absolute atomic E-state index is 0.00819. The van der Waals surface area contributed by atoms with Gasteiger partial charge in [0.15, 0.2) is 0 Å². The van der Waals surface area contributed by atoms with Crippen molar-refractivity contribution < 1.29 is 24.5 Å². The van der Waals surface area contributed by atoms with Gasteiger partial charge in [-0.25, -0.2) is 0 Å². The molecule has 450 valence electrons. The van der Waals surface area contributed by atoms with Crippen molar-refractivity contribution in [1.29, 1.82) is 0 Å². The first-order chi connectivity index (χ1) is 37.5. The van der Waals surface area contributed by atoms with Crippen LogP contribution in [-0.2, 0) is 14.3 Å². The lowest BCUT2D eigenvalue weighted by molar-refractivity contribution is -0.143. The lowest BCUT2D eigenvalue weighted by Crippen LogP contribution is -2.45. The van der Waals surface area contributed by atoms with Gasteiger partial charge in [-0.1, -0.05) is 340 Å². The predicted molar refractivity (Wildman–Crippen MR) is 333 cm³/mol. The first-order valence-corrected chi connectivity index (χ1v) is 34.6. The van der Waals surface area contributed by atoms with Gasteiger partial charge in [0.25, 0.3) is 0 Å². The lowest BCUT2D eigenvalue weighted by atomic mass is 10.0. The van der Waals surface area contributed by atoms with Gasteiger partial charge in [-0.2, -0.15) is 0 Å². The number of hydrogen-bond donors (Lipinski definition) is 3. The molecule has 76 heavy (non-hydrogen) atoms. The largest absolute Gasteiger partial charge is 0.466 e. The third kappa shape index (κ3) is 61.6. The quantitative estimate of drug-likeness (QED) is 0.0320. The van der Waals surface area contributed by atoms with E-state index in [0.717, 1.165) is 44.9 Å². The molecule has 2 unspecified atom stereocenters. The van der Waals surface area contributed by atoms with E-state index in [1.807, 2.05) is 6.08 Å². The van der Waals surface area contributed by atoms with Crippen molar-refractivity contribution in [2.24, 2.45) is 0 Å². The summed E-state index contributed by atoms with van der Waals surface area (Å²) in [5, 5.41) is 23.2. The molecular weight excluding hydrogens is 935 g/mol. The standard InChI is InChI=1S/C70H135NO5/c1-3-5-7-9-11-13-15-17-18-19-20-29-32-35-39-42-46-50-54-58-62-68(73)67(66-72)71-69(74)63-59-55-51-47-43-40-36-33-30-27-25-23-21-22-24-26-28-31-34-37-41-45-49-53-57-61-65-76-70(75)64-60-56-52-48-44-38-16-14-12-10-8-6-4-2/h14,16,58,62,67-68,72-73H,3-13,15,17-57,59-61,63-66H2,1-2H3,(H,71,74)/b16-14-,62-58+. The number of rotatable bonds is 65. The van der Waals surface area contributed by atoms with Gasteiger partial charge in [0, 0.05) is 12.8 Å². The molecule has 3 N–H and O–H groups in total. The second kappa shape index (κ2) is 65.9. The van der Waals surface area contributed by atoms with Gasteiger partial charge >= 0.3 is 5.97 Å². The number of nitrogens with one attached hydrogen (secondary N) is 1. The third-order valence-electron chi connectivity index (χ3n) is 16.2. The van der Waals surface area contributed by atoms with Gasteiger partial charge in [-0.15, -0.1) is 0 Å². The number of carbonyl (C=O) groups is 2. The fourth-order valence-corrected chi connectivity index (χ4v) is 10.9. The number of esters is 1. The van der Waals surface area contributed by atoms with Crippen molar-refractivity contribution in [3.05, 3.63) is 24.3 Å². The smallest absolute Gasteiger partial charge is 0.305 e. The Morgan fingerprint density at radius 1 is 0.355 bits per heavy atom. The molecule has 6 nitrogen and oxygen atoms in total. The molecule has 1 amide bonds. The Morgan fingerprint density at radius 3 is 0.947 bits per heavy atom. The number of ether oxygens (including phenoxy) is 1. The molecule has 0 heterocycles. The summed E-state index contributed by atoms with van der Waals surface area (Å²) in [4.78, 5) is 24.6. The van der Waals surface area contributed by atoms with Crippen molar-refractivity contribution in [3.8, 4) is 0 Å². The first-order valence-electron chi connectivity index (χ1n) is 34.6. The minimum Gasteiger partial charge on any atom is -0.466 e. The maximum absolute atomic E-state index is 12.5. The van der Waals surface area contributed by atoms with Crippen LogP contribution in [0.5, 0.6) is 0 Å². The topological polar surface area (TPSA) is 95.9 Å². The second-order valence-electron chi connectivity index (χ2n) is 23.9. The summed E-state index contributed by atoms with van der Waals surface area (Å²) >= 11 is 0. The van der Waals surface area contributed by atoms with Crippen molar-refractivity contribution in [2.45, 2.75) is 398 Å². The van der Waals surface area contributed by atoms with Crippen LogP contribution < -0.4 is 5.32 Å². The summed E-state index contributed by atoms with van der Waals surface area (Å²) in [5.74, 6) is -0.0538. The molecule has 0 aliphatic rings. The molecule has 0 radical (unpaired) electrons. The zero-order valence-corrected chi connectivity index (χ0v) is 51.5. The van der Waals surface area contributed by atoms with E-state index in [1.54, 1.807) is 6.08 Å². The highest BCUT2D eigenvalue weighted by molar-refractivity contribution is 5.76. The Morgan fingerprint density at radius 2 is 0.618 bits per heavy atom. The van der Waals surface area contributed by atoms with Crippen molar-refractivity contribution in [1.82, 2.24) is 5.32 Å². The molecule has 0 aromatic heterocycles. The molecular formula is C70H135NO5. The van der Waals surface area contributed by atoms with E-state index in [0.29, 0.717) is 19.4 Å². The molecule has 0 saturated heterocycles. The van der Waals surface area contributed by atoms with E-state index in [-0.39, 0.29) is 18.5 Å². The van der Waals surface area contributed by atoms with E-state index in [4.69, 9.17) is 4.74 Å². The molecule has 0 rings (SSSR count). The highest BCUT2D eigenvalue weighted by atomic mass is 16.5. The summed E-state index contributed by atoms with van der Waals surface area (Å²) in [7, 11) is 0. The molecule has 0 aliphatic carbocycles. The second-order valence-corrected chi connectivity index (χ2v) is 23.9. The fourth-order valence-electron chi connectivity index (χ4n) is 10.9. The summed E-state index contributed by atoms with van der Waals surface area (Å²) in [5.41, 5.74) is 0. The van der Waals surface area contributed by atoms with Gasteiger partial charge in [-0.3, -0.25) is 9.59 Å². The van der Waals surface area contributed by atoms with Crippen molar-refractivity contribution in [3.63, 3.8) is 0 Å². The highest BCUT2D eigenvalue weighted by Gasteiger charge is 2.18. The first kappa shape index (κ1) is 74.3. The molecule has 6 heteroatoms. The minimum atomic E-state index is -0.843. The van der Waals surface area contributed by atoms with Crippen LogP contribution in [0.15, 0.2) is 24.3 Å². The number of unbranched alkanes of at least 4 members (excludes halogenated alkanes) is 52. The summed E-state index contributed by atoms with van der Waals surface area (Å²) < 4.78 is 5.48. The number of aliphatic hydroxyl groups excluding tert-OH is 2. The molecule has 2 atom stereocenters. The Bertz CT molecular complexity index is 1190. The summed E-state index contributed by atoms with van der Waals surface area (Å²) in [6, 6.07) is -0.627. The zero-order chi connectivity index (χ0) is 55.0. The number of carbonyl (C=O) groups excluding carboxylic acids is 2. The average Bonchev–Trinajstić information content (AvgIpc) is 3.42. The molecule has 0 aliphatic heterocycles. The van der Waals surface area contributed by atoms with Gasteiger partial charge in [0.1, 0.15) is 0 Å². The predicted octanol–water partition coefficient (Wildman–Crippen LogP) is 22.1. The van der Waals surface area contributed by atoms with E-state index in [2.05, 4.69) is 31.3 Å². The number of allylic oxidation sites excluding steroid dienone is 3. The highest BCUT2D eigenvalue weighted by Crippen LogP contribution is 2.19. The normalized spacial score (nSPS) is 12.6. The lowest BCUT2D eigenvalue weighted by Gasteiger charge is -2.20. The summed E-state index contributed by atoms with van der Waals surface area (Å²) in [6.45, 7) is 4.92. The molecule has 0 saturated carbocycles. The number of amides is 1. The molecule has 0 spiro atoms. The van der Waals surface area contributed by atoms with Crippen LogP contribution in [-0.4, -0.2) is 47.4 Å². The molecule has 0 aromatic carbocycles. The van der Waals surface area contributed by atoms with Crippen LogP contribution in [0, 0.1) is 0 Å². The van der Waals surface area contributed by atoms with Gasteiger partial charge < -0.3 is 20.3 Å². The van der Waals surface area contributed by atoms with Gasteiger partial charge in [-0.05, 0) is 57.8 Å².